The van der Waals surface area contributed by atoms with E-state index in [0.717, 1.165) is 25.9 Å². The Kier molecular flexibility index (Phi) is 54.1. The number of ether oxygens (including phenoxy) is 12. The van der Waals surface area contributed by atoms with Crippen LogP contribution in [-0.4, -0.2) is 158 Å². The van der Waals surface area contributed by atoms with E-state index in [1.807, 2.05) is 0 Å². The average Bonchev–Trinajstić information content (AvgIpc) is 3.24. The van der Waals surface area contributed by atoms with Crippen molar-refractivity contribution in [1.82, 2.24) is 0 Å². The maximum Gasteiger partial charge on any atom is 0.305 e. The van der Waals surface area contributed by atoms with Crippen LogP contribution in [0.5, 0.6) is 0 Å². The second-order valence-corrected chi connectivity index (χ2v) is 14.7. The molecule has 13 heteroatoms. The highest BCUT2D eigenvalue weighted by Crippen LogP contribution is 2.12. The van der Waals surface area contributed by atoms with E-state index < -0.39 is 0 Å². The molecule has 0 saturated heterocycles. The molecule has 0 unspecified atom stereocenters. The van der Waals surface area contributed by atoms with Crippen LogP contribution in [0.15, 0.2) is 0 Å². The monoisotopic (exact) mass is 853 g/mol. The maximum absolute atomic E-state index is 11.8. The van der Waals surface area contributed by atoms with E-state index in [9.17, 15) is 4.79 Å². The third-order valence-electron chi connectivity index (χ3n) is 9.34. The van der Waals surface area contributed by atoms with Gasteiger partial charge in [-0.15, -0.1) is 0 Å². The summed E-state index contributed by atoms with van der Waals surface area (Å²) in [6.07, 6.45) is 25.0. The zero-order valence-electron chi connectivity index (χ0n) is 38.2. The topological polar surface area (TPSA) is 128 Å². The highest BCUT2D eigenvalue weighted by Gasteiger charge is 2.03. The summed E-state index contributed by atoms with van der Waals surface area (Å²) in [4.78, 5) is 11.8. The lowest BCUT2D eigenvalue weighted by Crippen LogP contribution is -2.15. The molecule has 0 amide bonds. The lowest BCUT2D eigenvalue weighted by atomic mass is 10.1. The number of hydrogen-bond donors (Lipinski definition) is 0. The molecule has 13 nitrogen and oxygen atoms in total. The van der Waals surface area contributed by atoms with Gasteiger partial charge >= 0.3 is 5.97 Å². The van der Waals surface area contributed by atoms with Crippen molar-refractivity contribution < 1.29 is 61.6 Å². The average molecular weight is 853 g/mol. The highest BCUT2D eigenvalue weighted by atomic mass is 16.6. The van der Waals surface area contributed by atoms with Crippen LogP contribution >= 0.6 is 0 Å². The summed E-state index contributed by atoms with van der Waals surface area (Å²) in [6, 6.07) is 0. The molecule has 0 aromatic rings. The van der Waals surface area contributed by atoms with Crippen LogP contribution in [0.4, 0.5) is 0 Å². The Morgan fingerprint density at radius 2 is 0.441 bits per heavy atom. The Hall–Kier alpha value is -0.970. The van der Waals surface area contributed by atoms with Crippen molar-refractivity contribution in [3.63, 3.8) is 0 Å². The number of carbonyl (C=O) groups is 1. The number of esters is 1. The van der Waals surface area contributed by atoms with Gasteiger partial charge in [-0.05, 0) is 12.8 Å². The van der Waals surface area contributed by atoms with Crippen molar-refractivity contribution in [3.05, 3.63) is 0 Å². The third-order valence-corrected chi connectivity index (χ3v) is 9.34. The molecule has 0 spiro atoms. The quantitative estimate of drug-likeness (QED) is 0.0429. The molecule has 0 fully saturated rings. The van der Waals surface area contributed by atoms with Gasteiger partial charge in [0.2, 0.25) is 0 Å². The van der Waals surface area contributed by atoms with E-state index >= 15 is 0 Å². The predicted octanol–water partition coefficient (Wildman–Crippen LogP) is 8.55. The van der Waals surface area contributed by atoms with Gasteiger partial charge in [0.15, 0.2) is 0 Å². The van der Waals surface area contributed by atoms with Crippen molar-refractivity contribution in [2.45, 2.75) is 142 Å². The molecule has 0 aliphatic rings. The molecule has 0 aliphatic heterocycles. The van der Waals surface area contributed by atoms with Crippen molar-refractivity contribution in [1.29, 1.82) is 0 Å². The Labute approximate surface area is 361 Å². The maximum atomic E-state index is 11.8. The SMILES string of the molecule is CCCCCCCCCCCCOCCOCCOCCOCCOCCOCCOCCOCCOCCOCCOCCOC(=O)CCCCCCCCCCC. The summed E-state index contributed by atoms with van der Waals surface area (Å²) in [5.74, 6) is -0.135. The fourth-order valence-corrected chi connectivity index (χ4v) is 5.86. The first-order valence-electron chi connectivity index (χ1n) is 23.8. The van der Waals surface area contributed by atoms with Gasteiger partial charge < -0.3 is 56.8 Å². The fourth-order valence-electron chi connectivity index (χ4n) is 5.86. The molecule has 0 atom stereocenters. The second-order valence-electron chi connectivity index (χ2n) is 14.7. The highest BCUT2D eigenvalue weighted by molar-refractivity contribution is 5.69. The minimum Gasteiger partial charge on any atom is -0.463 e. The van der Waals surface area contributed by atoms with E-state index in [0.29, 0.717) is 145 Å². The summed E-state index contributed by atoms with van der Waals surface area (Å²) in [5.41, 5.74) is 0. The molecule has 0 N–H and O–H groups in total. The minimum absolute atomic E-state index is 0.135. The van der Waals surface area contributed by atoms with Gasteiger partial charge in [0.1, 0.15) is 6.61 Å². The molecule has 0 bridgehead atoms. The van der Waals surface area contributed by atoms with Crippen LogP contribution in [0.1, 0.15) is 142 Å². The van der Waals surface area contributed by atoms with Gasteiger partial charge in [0.05, 0.1) is 139 Å². The van der Waals surface area contributed by atoms with Crippen molar-refractivity contribution in [2.75, 3.05) is 152 Å². The molecule has 354 valence electrons. The van der Waals surface area contributed by atoms with Gasteiger partial charge in [0.25, 0.3) is 0 Å². The number of hydrogen-bond acceptors (Lipinski definition) is 13. The van der Waals surface area contributed by atoms with E-state index in [4.69, 9.17) is 56.8 Å². The Balaban J connectivity index is 3.10. The number of carbonyl (C=O) groups excluding carboxylic acids is 1. The normalized spacial score (nSPS) is 11.6. The largest absolute Gasteiger partial charge is 0.463 e. The van der Waals surface area contributed by atoms with Crippen LogP contribution in [0, 0.1) is 0 Å². The molecule has 0 saturated carbocycles. The van der Waals surface area contributed by atoms with Gasteiger partial charge in [-0.2, -0.15) is 0 Å². The first-order chi connectivity index (χ1) is 29.3. The van der Waals surface area contributed by atoms with Crippen molar-refractivity contribution >= 4 is 5.97 Å². The molecule has 0 radical (unpaired) electrons. The third kappa shape index (κ3) is 55.0. The molecule has 0 aromatic carbocycles. The lowest BCUT2D eigenvalue weighted by molar-refractivity contribution is -0.145. The molecular formula is C46H92O13. The van der Waals surface area contributed by atoms with Crippen LogP contribution in [0.3, 0.4) is 0 Å². The molecule has 0 rings (SSSR count). The van der Waals surface area contributed by atoms with E-state index in [2.05, 4.69) is 13.8 Å². The molecule has 59 heavy (non-hydrogen) atoms. The van der Waals surface area contributed by atoms with Gasteiger partial charge in [-0.25, -0.2) is 0 Å². The lowest BCUT2D eigenvalue weighted by Gasteiger charge is -2.09. The standard InChI is InChI=1S/C46H92O13/c1-3-5-7-9-11-13-15-17-19-21-23-48-24-25-49-26-27-50-28-29-51-30-31-52-32-33-53-34-35-54-36-37-55-38-39-56-40-41-57-42-43-58-44-45-59-46(47)22-20-18-16-14-12-10-8-6-4-2/h3-45H2,1-2H3. The predicted molar refractivity (Wildman–Crippen MR) is 234 cm³/mol. The first-order valence-corrected chi connectivity index (χ1v) is 23.8. The minimum atomic E-state index is -0.135. The smallest absolute Gasteiger partial charge is 0.305 e. The Morgan fingerprint density at radius 1 is 0.237 bits per heavy atom. The van der Waals surface area contributed by atoms with E-state index in [1.54, 1.807) is 0 Å². The first kappa shape index (κ1) is 58.0. The fraction of sp³-hybridized carbons (Fsp3) is 0.978. The number of unbranched alkanes of at least 4 members (excludes halogenated alkanes) is 17. The summed E-state index contributed by atoms with van der Waals surface area (Å²) in [5, 5.41) is 0. The van der Waals surface area contributed by atoms with E-state index in [1.165, 1.54) is 103 Å². The van der Waals surface area contributed by atoms with Gasteiger partial charge in [0, 0.05) is 13.0 Å². The van der Waals surface area contributed by atoms with Gasteiger partial charge in [-0.3, -0.25) is 4.79 Å². The molecule has 0 aromatic heterocycles. The Bertz CT molecular complexity index is 764. The summed E-state index contributed by atoms with van der Waals surface area (Å²) >= 11 is 0. The molecule has 0 aliphatic carbocycles. The van der Waals surface area contributed by atoms with E-state index in [-0.39, 0.29) is 12.6 Å². The molecular weight excluding hydrogens is 760 g/mol. The van der Waals surface area contributed by atoms with Crippen LogP contribution in [0.25, 0.3) is 0 Å². The summed E-state index contributed by atoms with van der Waals surface area (Å²) < 4.78 is 66.0. The zero-order valence-corrected chi connectivity index (χ0v) is 38.2. The summed E-state index contributed by atoms with van der Waals surface area (Å²) in [6.45, 7) is 16.5. The summed E-state index contributed by atoms with van der Waals surface area (Å²) in [7, 11) is 0. The zero-order chi connectivity index (χ0) is 42.5. The van der Waals surface area contributed by atoms with Crippen molar-refractivity contribution in [3.8, 4) is 0 Å². The second kappa shape index (κ2) is 55.0. The number of rotatable bonds is 54. The van der Waals surface area contributed by atoms with Crippen molar-refractivity contribution in [2.24, 2.45) is 0 Å². The van der Waals surface area contributed by atoms with Crippen LogP contribution in [0.2, 0.25) is 0 Å². The van der Waals surface area contributed by atoms with Crippen LogP contribution < -0.4 is 0 Å². The van der Waals surface area contributed by atoms with Gasteiger partial charge in [-0.1, -0.05) is 123 Å². The van der Waals surface area contributed by atoms with Crippen LogP contribution in [-0.2, 0) is 61.6 Å². The Morgan fingerprint density at radius 3 is 0.712 bits per heavy atom. The molecule has 0 heterocycles.